The van der Waals surface area contributed by atoms with Gasteiger partial charge in [0, 0.05) is 17.4 Å². The van der Waals surface area contributed by atoms with Gasteiger partial charge in [0.1, 0.15) is 17.5 Å². The summed E-state index contributed by atoms with van der Waals surface area (Å²) in [5.74, 6) is 2.53. The smallest absolute Gasteiger partial charge is 0.136 e. The van der Waals surface area contributed by atoms with Crippen molar-refractivity contribution in [2.75, 3.05) is 10.6 Å². The number of para-hydroxylation sites is 1. The number of nitrogens with zero attached hydrogens (tertiary/aromatic N) is 3. The molecule has 2 N–H and O–H groups in total. The third-order valence-corrected chi connectivity index (χ3v) is 3.97. The summed E-state index contributed by atoms with van der Waals surface area (Å²) in [7, 11) is 0. The number of nitrogens with one attached hydrogen (secondary N) is 2. The molecule has 3 aromatic rings. The van der Waals surface area contributed by atoms with Gasteiger partial charge in [-0.2, -0.15) is 5.26 Å². The topological polar surface area (TPSA) is 73.6 Å². The van der Waals surface area contributed by atoms with Crippen LogP contribution in [0.4, 0.5) is 23.0 Å². The number of aryl methyl sites for hydroxylation is 1. The van der Waals surface area contributed by atoms with E-state index >= 15 is 0 Å². The molecule has 3 rings (SSSR count). The Balaban J connectivity index is 1.85. The second kappa shape index (κ2) is 7.66. The summed E-state index contributed by atoms with van der Waals surface area (Å²) in [4.78, 5) is 8.94. The van der Waals surface area contributed by atoms with Gasteiger partial charge < -0.3 is 10.6 Å². The van der Waals surface area contributed by atoms with Crippen LogP contribution in [0.15, 0.2) is 54.6 Å². The third-order valence-electron chi connectivity index (χ3n) is 3.97. The Labute approximate surface area is 153 Å². The van der Waals surface area contributed by atoms with E-state index in [1.807, 2.05) is 37.3 Å². The average Bonchev–Trinajstić information content (AvgIpc) is 2.62. The van der Waals surface area contributed by atoms with Gasteiger partial charge in [-0.3, -0.25) is 0 Å². The van der Waals surface area contributed by atoms with Gasteiger partial charge >= 0.3 is 0 Å². The van der Waals surface area contributed by atoms with Crippen molar-refractivity contribution < 1.29 is 0 Å². The third kappa shape index (κ3) is 4.17. The van der Waals surface area contributed by atoms with E-state index in [4.69, 9.17) is 5.26 Å². The zero-order chi connectivity index (χ0) is 18.5. The first-order chi connectivity index (χ1) is 12.5. The van der Waals surface area contributed by atoms with Gasteiger partial charge in [0.25, 0.3) is 0 Å². The minimum Gasteiger partial charge on any atom is -0.340 e. The molecule has 130 valence electrons. The predicted octanol–water partition coefficient (Wildman–Crippen LogP) is 5.27. The van der Waals surface area contributed by atoms with Gasteiger partial charge in [0.2, 0.25) is 0 Å². The first-order valence-corrected chi connectivity index (χ1v) is 8.54. The van der Waals surface area contributed by atoms with Crippen molar-refractivity contribution in [3.8, 4) is 6.07 Å². The lowest BCUT2D eigenvalue weighted by atomic mass is 10.0. The van der Waals surface area contributed by atoms with E-state index in [-0.39, 0.29) is 0 Å². The van der Waals surface area contributed by atoms with Crippen molar-refractivity contribution in [3.63, 3.8) is 0 Å². The van der Waals surface area contributed by atoms with Crippen molar-refractivity contribution in [1.82, 2.24) is 9.97 Å². The van der Waals surface area contributed by atoms with Crippen molar-refractivity contribution in [2.45, 2.75) is 26.7 Å². The van der Waals surface area contributed by atoms with Crippen molar-refractivity contribution in [2.24, 2.45) is 0 Å². The lowest BCUT2D eigenvalue weighted by Gasteiger charge is -2.15. The van der Waals surface area contributed by atoms with Crippen LogP contribution in [0.3, 0.4) is 0 Å². The van der Waals surface area contributed by atoms with E-state index in [9.17, 15) is 0 Å². The Morgan fingerprint density at radius 2 is 1.58 bits per heavy atom. The maximum Gasteiger partial charge on any atom is 0.136 e. The molecule has 0 saturated carbocycles. The van der Waals surface area contributed by atoms with E-state index in [0.29, 0.717) is 23.1 Å². The maximum atomic E-state index is 8.89. The molecule has 0 saturated heterocycles. The Morgan fingerprint density at radius 3 is 2.23 bits per heavy atom. The predicted molar refractivity (Wildman–Crippen MR) is 105 cm³/mol. The number of hydrogen-bond donors (Lipinski definition) is 2. The van der Waals surface area contributed by atoms with Gasteiger partial charge in [0.15, 0.2) is 0 Å². The molecule has 0 bridgehead atoms. The average molecular weight is 343 g/mol. The summed E-state index contributed by atoms with van der Waals surface area (Å²) < 4.78 is 0. The Bertz CT molecular complexity index is 939. The molecule has 0 amide bonds. The lowest BCUT2D eigenvalue weighted by molar-refractivity contribution is 0.868. The van der Waals surface area contributed by atoms with Crippen molar-refractivity contribution >= 4 is 23.0 Å². The number of hydrogen-bond acceptors (Lipinski definition) is 5. The van der Waals surface area contributed by atoms with Crippen LogP contribution in [0, 0.1) is 18.3 Å². The molecule has 0 atom stereocenters. The zero-order valence-corrected chi connectivity index (χ0v) is 15.1. The molecule has 5 nitrogen and oxygen atoms in total. The van der Waals surface area contributed by atoms with E-state index in [2.05, 4.69) is 52.7 Å². The van der Waals surface area contributed by atoms with Gasteiger partial charge in [-0.05, 0) is 48.7 Å². The molecule has 2 aromatic carbocycles. The molecule has 26 heavy (non-hydrogen) atoms. The monoisotopic (exact) mass is 343 g/mol. The first kappa shape index (κ1) is 17.4. The summed E-state index contributed by atoms with van der Waals surface area (Å²) in [6.07, 6.45) is 0. The highest BCUT2D eigenvalue weighted by Crippen LogP contribution is 2.27. The second-order valence-corrected chi connectivity index (χ2v) is 6.37. The normalized spacial score (nSPS) is 10.4. The molecule has 1 aromatic heterocycles. The molecule has 5 heteroatoms. The fourth-order valence-electron chi connectivity index (χ4n) is 2.72. The van der Waals surface area contributed by atoms with Crippen LogP contribution in [-0.4, -0.2) is 9.97 Å². The molecular formula is C21H21N5. The van der Waals surface area contributed by atoms with Gasteiger partial charge in [-0.15, -0.1) is 0 Å². The summed E-state index contributed by atoms with van der Waals surface area (Å²) in [5, 5.41) is 15.6. The Hall–Kier alpha value is -3.39. The van der Waals surface area contributed by atoms with Crippen LogP contribution < -0.4 is 10.6 Å². The highest BCUT2D eigenvalue weighted by Gasteiger charge is 2.08. The van der Waals surface area contributed by atoms with E-state index in [1.54, 1.807) is 12.1 Å². The van der Waals surface area contributed by atoms with E-state index < -0.39 is 0 Å². The molecule has 0 fully saturated rings. The summed E-state index contributed by atoms with van der Waals surface area (Å²) in [6, 6.07) is 19.5. The lowest BCUT2D eigenvalue weighted by Crippen LogP contribution is -2.03. The number of nitriles is 1. The maximum absolute atomic E-state index is 8.89. The summed E-state index contributed by atoms with van der Waals surface area (Å²) >= 11 is 0. The second-order valence-electron chi connectivity index (χ2n) is 6.37. The van der Waals surface area contributed by atoms with Crippen molar-refractivity contribution in [3.05, 3.63) is 71.5 Å². The highest BCUT2D eigenvalue weighted by atomic mass is 15.1. The molecule has 0 unspecified atom stereocenters. The molecular weight excluding hydrogens is 322 g/mol. The Kier molecular flexibility index (Phi) is 5.14. The number of rotatable bonds is 5. The van der Waals surface area contributed by atoms with Crippen LogP contribution in [0.1, 0.15) is 36.7 Å². The molecule has 0 aliphatic heterocycles. The van der Waals surface area contributed by atoms with E-state index in [1.165, 1.54) is 5.56 Å². The van der Waals surface area contributed by atoms with Crippen LogP contribution in [-0.2, 0) is 0 Å². The molecule has 0 aliphatic carbocycles. The minimum atomic E-state index is 0.415. The fourth-order valence-corrected chi connectivity index (χ4v) is 2.72. The number of benzene rings is 2. The van der Waals surface area contributed by atoms with Crippen LogP contribution in [0.2, 0.25) is 0 Å². The first-order valence-electron chi connectivity index (χ1n) is 8.54. The molecule has 0 aliphatic rings. The van der Waals surface area contributed by atoms with Gasteiger partial charge in [-0.1, -0.05) is 32.0 Å². The van der Waals surface area contributed by atoms with Crippen LogP contribution >= 0.6 is 0 Å². The van der Waals surface area contributed by atoms with E-state index in [0.717, 1.165) is 17.2 Å². The molecule has 0 radical (unpaired) electrons. The minimum absolute atomic E-state index is 0.415. The zero-order valence-electron chi connectivity index (χ0n) is 15.1. The summed E-state index contributed by atoms with van der Waals surface area (Å²) in [6.45, 7) is 6.21. The SMILES string of the molecule is Cc1nc(Nc2ccc(C#N)cc2)cc(Nc2ccccc2C(C)C)n1. The number of anilines is 4. The van der Waals surface area contributed by atoms with Crippen molar-refractivity contribution in [1.29, 1.82) is 5.26 Å². The molecule has 1 heterocycles. The number of aromatic nitrogens is 2. The summed E-state index contributed by atoms with van der Waals surface area (Å²) in [5.41, 5.74) is 3.79. The molecule has 0 spiro atoms. The Morgan fingerprint density at radius 1 is 0.923 bits per heavy atom. The van der Waals surface area contributed by atoms with Gasteiger partial charge in [-0.25, -0.2) is 9.97 Å². The van der Waals surface area contributed by atoms with Crippen LogP contribution in [0.5, 0.6) is 0 Å². The van der Waals surface area contributed by atoms with Gasteiger partial charge in [0.05, 0.1) is 11.6 Å². The highest BCUT2D eigenvalue weighted by molar-refractivity contribution is 5.65. The fraction of sp³-hybridized carbons (Fsp3) is 0.190. The largest absolute Gasteiger partial charge is 0.340 e. The standard InChI is InChI=1S/C21H21N5/c1-14(2)18-6-4-5-7-19(18)26-21-12-20(23-15(3)24-21)25-17-10-8-16(13-22)9-11-17/h4-12,14H,1-3H3,(H2,23,24,25,26). The quantitative estimate of drug-likeness (QED) is 0.660. The van der Waals surface area contributed by atoms with Crippen LogP contribution in [0.25, 0.3) is 0 Å².